The number of nitrogens with zero attached hydrogens (tertiary/aromatic N) is 1. The highest BCUT2D eigenvalue weighted by atomic mass is 16.5. The summed E-state index contributed by atoms with van der Waals surface area (Å²) in [5, 5.41) is 3.47. The Bertz CT molecular complexity index is 156. The van der Waals surface area contributed by atoms with Crippen LogP contribution in [-0.4, -0.2) is 49.8 Å². The number of hydrogen-bond acceptors (Lipinski definition) is 3. The lowest BCUT2D eigenvalue weighted by molar-refractivity contribution is 0.0468. The largest absolute Gasteiger partial charge is 0.377 e. The van der Waals surface area contributed by atoms with Crippen LogP contribution in [0.5, 0.6) is 0 Å². The Morgan fingerprint density at radius 1 is 1.47 bits per heavy atom. The Labute approximate surface area is 94.2 Å². The van der Waals surface area contributed by atoms with E-state index in [0.717, 1.165) is 32.3 Å². The lowest BCUT2D eigenvalue weighted by atomic mass is 10.1. The lowest BCUT2D eigenvalue weighted by Crippen LogP contribution is -2.47. The van der Waals surface area contributed by atoms with Crippen LogP contribution in [0, 0.1) is 0 Å². The molecule has 0 radical (unpaired) electrons. The van der Waals surface area contributed by atoms with E-state index in [1.807, 2.05) is 0 Å². The maximum Gasteiger partial charge on any atom is 0.0597 e. The molecule has 90 valence electrons. The molecule has 1 unspecified atom stereocenters. The second kappa shape index (κ2) is 7.20. The molecule has 0 aliphatic carbocycles. The van der Waals surface area contributed by atoms with Crippen molar-refractivity contribution < 1.29 is 4.74 Å². The smallest absolute Gasteiger partial charge is 0.0597 e. The van der Waals surface area contributed by atoms with Gasteiger partial charge in [-0.05, 0) is 39.8 Å². The van der Waals surface area contributed by atoms with Crippen molar-refractivity contribution in [3.8, 4) is 0 Å². The van der Waals surface area contributed by atoms with Crippen LogP contribution in [0.1, 0.15) is 33.6 Å². The Balaban J connectivity index is 2.21. The minimum Gasteiger partial charge on any atom is -0.377 e. The molecule has 0 spiro atoms. The molecular weight excluding hydrogens is 188 g/mol. The van der Waals surface area contributed by atoms with E-state index < -0.39 is 0 Å². The van der Waals surface area contributed by atoms with Crippen molar-refractivity contribution >= 4 is 0 Å². The first-order valence-electron chi connectivity index (χ1n) is 6.30. The molecule has 15 heavy (non-hydrogen) atoms. The van der Waals surface area contributed by atoms with Crippen LogP contribution in [0.15, 0.2) is 0 Å². The average molecular weight is 214 g/mol. The van der Waals surface area contributed by atoms with Crippen LogP contribution in [0.3, 0.4) is 0 Å². The van der Waals surface area contributed by atoms with Crippen molar-refractivity contribution in [2.75, 3.05) is 32.8 Å². The van der Waals surface area contributed by atoms with Crippen LogP contribution in [0.25, 0.3) is 0 Å². The van der Waals surface area contributed by atoms with Crippen molar-refractivity contribution in [2.45, 2.75) is 45.8 Å². The Kier molecular flexibility index (Phi) is 6.22. The predicted molar refractivity (Wildman–Crippen MR) is 64.2 cm³/mol. The second-order valence-electron chi connectivity index (χ2n) is 4.55. The highest BCUT2D eigenvalue weighted by Crippen LogP contribution is 2.09. The van der Waals surface area contributed by atoms with Gasteiger partial charge in [0.05, 0.1) is 12.7 Å². The van der Waals surface area contributed by atoms with Gasteiger partial charge in [0, 0.05) is 19.1 Å². The number of nitrogens with one attached hydrogen (secondary N) is 1. The van der Waals surface area contributed by atoms with Crippen LogP contribution in [0.2, 0.25) is 0 Å². The number of ether oxygens (including phenoxy) is 1. The third kappa shape index (κ3) is 4.96. The maximum absolute atomic E-state index is 5.60. The standard InChI is InChI=1S/C12H26N2O/c1-4-14(8-9-15-11(2)3)12-6-5-7-13-10-12/h11-13H,4-10H2,1-3H3. The van der Waals surface area contributed by atoms with E-state index in [1.165, 1.54) is 19.4 Å². The summed E-state index contributed by atoms with van der Waals surface area (Å²) in [6.45, 7) is 11.8. The van der Waals surface area contributed by atoms with E-state index in [9.17, 15) is 0 Å². The number of hydrogen-bond donors (Lipinski definition) is 1. The van der Waals surface area contributed by atoms with Gasteiger partial charge in [-0.25, -0.2) is 0 Å². The molecule has 0 bridgehead atoms. The van der Waals surface area contributed by atoms with Crippen molar-refractivity contribution in [3.05, 3.63) is 0 Å². The Hall–Kier alpha value is -0.120. The van der Waals surface area contributed by atoms with Crippen LogP contribution < -0.4 is 5.32 Å². The molecule has 3 heteroatoms. The van der Waals surface area contributed by atoms with Gasteiger partial charge < -0.3 is 10.1 Å². The summed E-state index contributed by atoms with van der Waals surface area (Å²) >= 11 is 0. The fraction of sp³-hybridized carbons (Fsp3) is 1.00. The normalized spacial score (nSPS) is 22.6. The zero-order valence-electron chi connectivity index (χ0n) is 10.5. The molecule has 0 aromatic carbocycles. The van der Waals surface area contributed by atoms with Crippen LogP contribution >= 0.6 is 0 Å². The van der Waals surface area contributed by atoms with Crippen molar-refractivity contribution in [1.82, 2.24) is 10.2 Å². The topological polar surface area (TPSA) is 24.5 Å². The third-order valence-corrected chi connectivity index (χ3v) is 3.02. The van der Waals surface area contributed by atoms with Gasteiger partial charge in [0.15, 0.2) is 0 Å². The highest BCUT2D eigenvalue weighted by Gasteiger charge is 2.18. The molecule has 0 aromatic heterocycles. The molecule has 0 saturated carbocycles. The van der Waals surface area contributed by atoms with Gasteiger partial charge in [-0.2, -0.15) is 0 Å². The van der Waals surface area contributed by atoms with Crippen molar-refractivity contribution in [2.24, 2.45) is 0 Å². The first-order chi connectivity index (χ1) is 7.24. The van der Waals surface area contributed by atoms with Gasteiger partial charge in [-0.15, -0.1) is 0 Å². The van der Waals surface area contributed by atoms with E-state index in [1.54, 1.807) is 0 Å². The quantitative estimate of drug-likeness (QED) is 0.725. The second-order valence-corrected chi connectivity index (χ2v) is 4.55. The highest BCUT2D eigenvalue weighted by molar-refractivity contribution is 4.77. The van der Waals surface area contributed by atoms with E-state index in [4.69, 9.17) is 4.74 Å². The molecule has 1 atom stereocenters. The minimum atomic E-state index is 0.355. The third-order valence-electron chi connectivity index (χ3n) is 3.02. The van der Waals surface area contributed by atoms with E-state index >= 15 is 0 Å². The first-order valence-corrected chi connectivity index (χ1v) is 6.30. The fourth-order valence-electron chi connectivity index (χ4n) is 2.15. The SMILES string of the molecule is CCN(CCOC(C)C)C1CCCNC1. The summed E-state index contributed by atoms with van der Waals surface area (Å²) in [5.74, 6) is 0. The van der Waals surface area contributed by atoms with Gasteiger partial charge in [0.25, 0.3) is 0 Å². The molecule has 1 fully saturated rings. The van der Waals surface area contributed by atoms with Crippen LogP contribution in [0.4, 0.5) is 0 Å². The molecular formula is C12H26N2O. The van der Waals surface area contributed by atoms with Gasteiger partial charge in [0.1, 0.15) is 0 Å². The summed E-state index contributed by atoms with van der Waals surface area (Å²) < 4.78 is 5.60. The first kappa shape index (κ1) is 12.9. The zero-order valence-corrected chi connectivity index (χ0v) is 10.5. The summed E-state index contributed by atoms with van der Waals surface area (Å²) in [4.78, 5) is 2.54. The van der Waals surface area contributed by atoms with Gasteiger partial charge in [0.2, 0.25) is 0 Å². The Morgan fingerprint density at radius 2 is 2.27 bits per heavy atom. The van der Waals surface area contributed by atoms with Gasteiger partial charge in [-0.3, -0.25) is 4.90 Å². The minimum absolute atomic E-state index is 0.355. The van der Waals surface area contributed by atoms with Gasteiger partial charge in [-0.1, -0.05) is 6.92 Å². The lowest BCUT2D eigenvalue weighted by Gasteiger charge is -2.33. The fourth-order valence-corrected chi connectivity index (χ4v) is 2.15. The molecule has 1 heterocycles. The van der Waals surface area contributed by atoms with Crippen molar-refractivity contribution in [1.29, 1.82) is 0 Å². The Morgan fingerprint density at radius 3 is 2.80 bits per heavy atom. The zero-order chi connectivity index (χ0) is 11.1. The molecule has 1 rings (SSSR count). The summed E-state index contributed by atoms with van der Waals surface area (Å²) in [6.07, 6.45) is 3.00. The van der Waals surface area contributed by atoms with E-state index in [-0.39, 0.29) is 0 Å². The summed E-state index contributed by atoms with van der Waals surface area (Å²) in [6, 6.07) is 0.722. The molecule has 1 aliphatic heterocycles. The van der Waals surface area contributed by atoms with Gasteiger partial charge >= 0.3 is 0 Å². The summed E-state index contributed by atoms with van der Waals surface area (Å²) in [7, 11) is 0. The van der Waals surface area contributed by atoms with Crippen LogP contribution in [-0.2, 0) is 4.74 Å². The van der Waals surface area contributed by atoms with E-state index in [0.29, 0.717) is 6.10 Å². The average Bonchev–Trinajstić information content (AvgIpc) is 2.25. The predicted octanol–water partition coefficient (Wildman–Crippen LogP) is 1.49. The number of rotatable bonds is 6. The maximum atomic E-state index is 5.60. The molecule has 3 nitrogen and oxygen atoms in total. The number of likely N-dealkylation sites (N-methyl/N-ethyl adjacent to an activating group) is 1. The molecule has 1 N–H and O–H groups in total. The van der Waals surface area contributed by atoms with Crippen molar-refractivity contribution in [3.63, 3.8) is 0 Å². The monoisotopic (exact) mass is 214 g/mol. The molecule has 0 amide bonds. The number of piperidine rings is 1. The summed E-state index contributed by atoms with van der Waals surface area (Å²) in [5.41, 5.74) is 0. The molecule has 1 saturated heterocycles. The molecule has 0 aromatic rings. The van der Waals surface area contributed by atoms with E-state index in [2.05, 4.69) is 31.0 Å². The molecule has 1 aliphatic rings.